The van der Waals surface area contributed by atoms with Gasteiger partial charge in [0.05, 0.1) is 17.8 Å². The molecule has 1 heterocycles. The van der Waals surface area contributed by atoms with Gasteiger partial charge in [-0.3, -0.25) is 10.00 Å². The summed E-state index contributed by atoms with van der Waals surface area (Å²) >= 11 is 0. The van der Waals surface area contributed by atoms with Crippen molar-refractivity contribution in [2.45, 2.75) is 50.5 Å². The quantitative estimate of drug-likeness (QED) is 0.895. The molecule has 0 bridgehead atoms. The van der Waals surface area contributed by atoms with Crippen LogP contribution in [0, 0.1) is 11.3 Å². The maximum atomic E-state index is 12.4. The Kier molecular flexibility index (Phi) is 3.54. The van der Waals surface area contributed by atoms with Crippen molar-refractivity contribution >= 4 is 0 Å². The molecule has 1 unspecified atom stereocenters. The summed E-state index contributed by atoms with van der Waals surface area (Å²) in [4.78, 5) is 0. The zero-order valence-corrected chi connectivity index (χ0v) is 10.5. The number of nitrogens with zero attached hydrogens (tertiary/aromatic N) is 3. The molecule has 4 nitrogen and oxygen atoms in total. The van der Waals surface area contributed by atoms with Crippen molar-refractivity contribution in [2.75, 3.05) is 0 Å². The first-order valence-corrected chi connectivity index (χ1v) is 6.11. The Balaban J connectivity index is 1.94. The van der Waals surface area contributed by atoms with E-state index in [1.54, 1.807) is 6.92 Å². The summed E-state index contributed by atoms with van der Waals surface area (Å²) in [5.41, 5.74) is -1.48. The second-order valence-electron chi connectivity index (χ2n) is 5.10. The zero-order chi connectivity index (χ0) is 14.1. The summed E-state index contributed by atoms with van der Waals surface area (Å²) in [6.07, 6.45) is -0.0799. The van der Waals surface area contributed by atoms with Gasteiger partial charge in [0.1, 0.15) is 5.54 Å². The van der Waals surface area contributed by atoms with Gasteiger partial charge in [-0.25, -0.2) is 0 Å². The van der Waals surface area contributed by atoms with Gasteiger partial charge in [0.2, 0.25) is 0 Å². The molecule has 19 heavy (non-hydrogen) atoms. The highest BCUT2D eigenvalue weighted by Crippen LogP contribution is 2.29. The molecule has 1 aliphatic carbocycles. The fraction of sp³-hybridized carbons (Fsp3) is 0.667. The minimum absolute atomic E-state index is 0.278. The number of alkyl halides is 3. The highest BCUT2D eigenvalue weighted by atomic mass is 19.4. The predicted molar refractivity (Wildman–Crippen MR) is 62.0 cm³/mol. The van der Waals surface area contributed by atoms with Crippen molar-refractivity contribution < 1.29 is 13.2 Å². The average molecular weight is 272 g/mol. The van der Waals surface area contributed by atoms with E-state index in [0.717, 1.165) is 25.2 Å². The number of nitrogens with one attached hydrogen (secondary N) is 1. The topological polar surface area (TPSA) is 53.6 Å². The first-order chi connectivity index (χ1) is 8.82. The lowest BCUT2D eigenvalue weighted by molar-refractivity contribution is -0.137. The van der Waals surface area contributed by atoms with Gasteiger partial charge in [-0.1, -0.05) is 0 Å². The zero-order valence-electron chi connectivity index (χ0n) is 10.5. The molecule has 0 aromatic carbocycles. The van der Waals surface area contributed by atoms with Gasteiger partial charge in [-0.2, -0.15) is 23.5 Å². The van der Waals surface area contributed by atoms with Crippen LogP contribution in [0.15, 0.2) is 12.4 Å². The number of hydrogen-bond donors (Lipinski definition) is 1. The Hall–Kier alpha value is -1.55. The molecule has 1 fully saturated rings. The smallest absolute Gasteiger partial charge is 0.297 e. The van der Waals surface area contributed by atoms with Crippen LogP contribution in [-0.4, -0.2) is 21.4 Å². The molecule has 1 N–H and O–H groups in total. The molecular weight excluding hydrogens is 257 g/mol. The number of halogens is 3. The van der Waals surface area contributed by atoms with Crippen molar-refractivity contribution in [3.05, 3.63) is 18.0 Å². The lowest BCUT2D eigenvalue weighted by Crippen LogP contribution is -2.43. The molecule has 7 heteroatoms. The maximum absolute atomic E-state index is 12.4. The Bertz CT molecular complexity index is 484. The number of aromatic nitrogens is 2. The van der Waals surface area contributed by atoms with E-state index in [9.17, 15) is 13.2 Å². The Morgan fingerprint density at radius 1 is 1.53 bits per heavy atom. The van der Waals surface area contributed by atoms with Crippen LogP contribution < -0.4 is 5.32 Å². The summed E-state index contributed by atoms with van der Waals surface area (Å²) in [6, 6.07) is 2.55. The first kappa shape index (κ1) is 13.9. The van der Waals surface area contributed by atoms with Crippen LogP contribution >= 0.6 is 0 Å². The molecule has 2 rings (SSSR count). The predicted octanol–water partition coefficient (Wildman–Crippen LogP) is 2.33. The third-order valence-electron chi connectivity index (χ3n) is 3.15. The van der Waals surface area contributed by atoms with Crippen molar-refractivity contribution in [1.29, 1.82) is 5.26 Å². The number of hydrogen-bond acceptors (Lipinski definition) is 3. The van der Waals surface area contributed by atoms with E-state index in [0.29, 0.717) is 12.5 Å². The van der Waals surface area contributed by atoms with Gasteiger partial charge >= 0.3 is 6.18 Å². The van der Waals surface area contributed by atoms with Crippen LogP contribution in [-0.2, 0) is 12.7 Å². The molecule has 104 valence electrons. The molecule has 1 aromatic rings. The second kappa shape index (κ2) is 4.85. The van der Waals surface area contributed by atoms with Crippen molar-refractivity contribution in [3.63, 3.8) is 0 Å². The van der Waals surface area contributed by atoms with Crippen LogP contribution in [0.25, 0.3) is 0 Å². The van der Waals surface area contributed by atoms with E-state index < -0.39 is 17.3 Å². The lowest BCUT2D eigenvalue weighted by Gasteiger charge is -2.23. The van der Waals surface area contributed by atoms with Crippen molar-refractivity contribution in [1.82, 2.24) is 15.1 Å². The molecule has 0 saturated heterocycles. The highest BCUT2D eigenvalue weighted by Gasteiger charge is 2.34. The molecule has 0 radical (unpaired) electrons. The number of rotatable bonds is 5. The summed E-state index contributed by atoms with van der Waals surface area (Å²) in [5, 5.41) is 16.0. The minimum Gasteiger partial charge on any atom is -0.297 e. The third kappa shape index (κ3) is 3.70. The van der Waals surface area contributed by atoms with Crippen molar-refractivity contribution in [2.24, 2.45) is 0 Å². The van der Waals surface area contributed by atoms with Gasteiger partial charge < -0.3 is 0 Å². The van der Waals surface area contributed by atoms with E-state index >= 15 is 0 Å². The first-order valence-electron chi connectivity index (χ1n) is 6.11. The van der Waals surface area contributed by atoms with E-state index in [1.807, 2.05) is 0 Å². The summed E-state index contributed by atoms with van der Waals surface area (Å²) < 4.78 is 38.4. The van der Waals surface area contributed by atoms with Gasteiger partial charge in [-0.05, 0) is 26.2 Å². The summed E-state index contributed by atoms with van der Waals surface area (Å²) in [6.45, 7) is 2.04. The molecule has 1 atom stereocenters. The largest absolute Gasteiger partial charge is 0.419 e. The molecule has 1 saturated carbocycles. The molecular formula is C12H15F3N4. The Labute approximate surface area is 109 Å². The highest BCUT2D eigenvalue weighted by molar-refractivity contribution is 5.10. The fourth-order valence-electron chi connectivity index (χ4n) is 1.81. The molecule has 1 aliphatic rings. The molecule has 0 amide bonds. The van der Waals surface area contributed by atoms with E-state index in [2.05, 4.69) is 16.5 Å². The lowest BCUT2D eigenvalue weighted by atomic mass is 10.00. The van der Waals surface area contributed by atoms with Crippen LogP contribution in [0.5, 0.6) is 0 Å². The molecule has 0 spiro atoms. The van der Waals surface area contributed by atoms with Crippen LogP contribution in [0.1, 0.15) is 31.7 Å². The number of aryl methyl sites for hydroxylation is 1. The minimum atomic E-state index is -4.37. The van der Waals surface area contributed by atoms with Crippen LogP contribution in [0.2, 0.25) is 0 Å². The Morgan fingerprint density at radius 3 is 2.68 bits per heavy atom. The molecule has 0 aliphatic heterocycles. The summed E-state index contributed by atoms with van der Waals surface area (Å²) in [5.74, 6) is 0. The molecule has 1 aromatic heterocycles. The third-order valence-corrected chi connectivity index (χ3v) is 3.15. The van der Waals surface area contributed by atoms with Gasteiger partial charge in [0.25, 0.3) is 0 Å². The van der Waals surface area contributed by atoms with E-state index in [4.69, 9.17) is 5.26 Å². The van der Waals surface area contributed by atoms with Crippen LogP contribution in [0.4, 0.5) is 13.2 Å². The fourth-order valence-corrected chi connectivity index (χ4v) is 1.81. The van der Waals surface area contributed by atoms with Gasteiger partial charge in [0.15, 0.2) is 0 Å². The SMILES string of the molecule is CC(C#N)(CCn1cc(C(F)(F)F)cn1)NC1CC1. The van der Waals surface area contributed by atoms with E-state index in [-0.39, 0.29) is 6.54 Å². The van der Waals surface area contributed by atoms with Crippen molar-refractivity contribution in [3.8, 4) is 6.07 Å². The van der Waals surface area contributed by atoms with Crippen LogP contribution in [0.3, 0.4) is 0 Å². The second-order valence-corrected chi connectivity index (χ2v) is 5.10. The number of nitriles is 1. The standard InChI is InChI=1S/C12H15F3N4/c1-11(8-16,18-10-2-3-10)4-5-19-7-9(6-17-19)12(13,14)15/h6-7,10,18H,2-5H2,1H3. The maximum Gasteiger partial charge on any atom is 0.419 e. The summed E-state index contributed by atoms with van der Waals surface area (Å²) in [7, 11) is 0. The monoisotopic (exact) mass is 272 g/mol. The Morgan fingerprint density at radius 2 is 2.21 bits per heavy atom. The van der Waals surface area contributed by atoms with E-state index in [1.165, 1.54) is 4.68 Å². The van der Waals surface area contributed by atoms with Gasteiger partial charge in [0, 0.05) is 18.8 Å². The normalized spacial score (nSPS) is 18.9. The average Bonchev–Trinajstić information content (AvgIpc) is 2.99. The van der Waals surface area contributed by atoms with Gasteiger partial charge in [-0.15, -0.1) is 0 Å².